The van der Waals surface area contributed by atoms with Crippen molar-refractivity contribution in [3.8, 4) is 0 Å². The molecule has 1 atom stereocenters. The summed E-state index contributed by atoms with van der Waals surface area (Å²) in [4.78, 5) is 4.14. The summed E-state index contributed by atoms with van der Waals surface area (Å²) in [6.45, 7) is 5.57. The highest BCUT2D eigenvalue weighted by atomic mass is 127. The van der Waals surface area contributed by atoms with Crippen LogP contribution in [-0.4, -0.2) is 26.2 Å². The van der Waals surface area contributed by atoms with Crippen LogP contribution in [0.5, 0.6) is 0 Å². The van der Waals surface area contributed by atoms with Crippen molar-refractivity contribution in [2.45, 2.75) is 26.2 Å². The molecule has 0 radical (unpaired) electrons. The van der Waals surface area contributed by atoms with Crippen molar-refractivity contribution in [2.24, 2.45) is 10.7 Å². The van der Waals surface area contributed by atoms with E-state index in [9.17, 15) is 0 Å². The van der Waals surface area contributed by atoms with Gasteiger partial charge in [-0.2, -0.15) is 0 Å². The lowest BCUT2D eigenvalue weighted by Crippen LogP contribution is -2.23. The summed E-state index contributed by atoms with van der Waals surface area (Å²) in [6, 6.07) is 8.30. The van der Waals surface area contributed by atoms with Gasteiger partial charge in [0.05, 0.1) is 13.2 Å². The maximum absolute atomic E-state index is 5.75. The Morgan fingerprint density at radius 1 is 1.37 bits per heavy atom. The molecule has 0 aromatic heterocycles. The Kier molecular flexibility index (Phi) is 9.59. The van der Waals surface area contributed by atoms with Gasteiger partial charge in [0.1, 0.15) is 0 Å². The van der Waals surface area contributed by atoms with E-state index >= 15 is 0 Å². The number of nitrogens with zero attached hydrogens (tertiary/aromatic N) is 1. The molecule has 0 heterocycles. The highest BCUT2D eigenvalue weighted by molar-refractivity contribution is 14.0. The van der Waals surface area contributed by atoms with Gasteiger partial charge in [-0.05, 0) is 30.0 Å². The molecule has 0 fully saturated rings. The maximum atomic E-state index is 5.75. The molecule has 0 saturated carbocycles. The first-order valence-electron chi connectivity index (χ1n) is 6.33. The van der Waals surface area contributed by atoms with E-state index in [1.165, 1.54) is 5.56 Å². The Morgan fingerprint density at radius 2 is 2.00 bits per heavy atom. The van der Waals surface area contributed by atoms with Crippen LogP contribution >= 0.6 is 24.0 Å². The molecule has 108 valence electrons. The molecule has 0 saturated heterocycles. The molecule has 5 heteroatoms. The molecule has 4 nitrogen and oxygen atoms in total. The minimum Gasteiger partial charge on any atom is -0.383 e. The molecule has 1 aromatic rings. The highest BCUT2D eigenvalue weighted by Gasteiger charge is 2.02. The lowest BCUT2D eigenvalue weighted by Gasteiger charge is -2.10. The molecule has 0 aliphatic heterocycles. The molecule has 0 amide bonds. The van der Waals surface area contributed by atoms with E-state index in [1.807, 2.05) is 12.1 Å². The summed E-state index contributed by atoms with van der Waals surface area (Å²) < 4.78 is 4.91. The Morgan fingerprint density at radius 3 is 2.53 bits per heavy atom. The number of methoxy groups -OCH3 is 1. The Balaban J connectivity index is 0.00000324. The van der Waals surface area contributed by atoms with Crippen LogP contribution in [0.15, 0.2) is 29.3 Å². The number of anilines is 1. The minimum absolute atomic E-state index is 0. The average Bonchev–Trinajstić information content (AvgIpc) is 2.39. The van der Waals surface area contributed by atoms with Crippen LogP contribution in [0.1, 0.15) is 31.7 Å². The molecule has 0 bridgehead atoms. The summed E-state index contributed by atoms with van der Waals surface area (Å²) >= 11 is 0. The SMILES string of the molecule is CCC(C)c1ccc(NC(N)=NCCOC)cc1.I. The number of guanidine groups is 1. The summed E-state index contributed by atoms with van der Waals surface area (Å²) in [6.07, 6.45) is 1.15. The third-order valence-electron chi connectivity index (χ3n) is 2.94. The van der Waals surface area contributed by atoms with Gasteiger partial charge in [-0.25, -0.2) is 0 Å². The van der Waals surface area contributed by atoms with Crippen molar-refractivity contribution >= 4 is 35.6 Å². The average molecular weight is 377 g/mol. The van der Waals surface area contributed by atoms with Crippen molar-refractivity contribution in [2.75, 3.05) is 25.6 Å². The third kappa shape index (κ3) is 6.77. The maximum Gasteiger partial charge on any atom is 0.193 e. The molecule has 1 rings (SSSR count). The summed E-state index contributed by atoms with van der Waals surface area (Å²) in [5, 5.41) is 3.06. The molecular weight excluding hydrogens is 353 g/mol. The number of halogens is 1. The molecule has 0 aliphatic carbocycles. The number of rotatable bonds is 6. The highest BCUT2D eigenvalue weighted by Crippen LogP contribution is 2.20. The van der Waals surface area contributed by atoms with Crippen molar-refractivity contribution in [3.05, 3.63) is 29.8 Å². The third-order valence-corrected chi connectivity index (χ3v) is 2.94. The Hall–Kier alpha value is -0.820. The predicted octanol–water partition coefficient (Wildman–Crippen LogP) is 3.19. The van der Waals surface area contributed by atoms with Crippen LogP contribution in [0.25, 0.3) is 0 Å². The minimum atomic E-state index is 0. The van der Waals surface area contributed by atoms with Crippen LogP contribution in [-0.2, 0) is 4.74 Å². The van der Waals surface area contributed by atoms with E-state index in [2.05, 4.69) is 36.3 Å². The fraction of sp³-hybridized carbons (Fsp3) is 0.500. The van der Waals surface area contributed by atoms with Gasteiger partial charge in [-0.15, -0.1) is 24.0 Å². The van der Waals surface area contributed by atoms with Gasteiger partial charge in [0.2, 0.25) is 0 Å². The second-order valence-corrected chi connectivity index (χ2v) is 4.32. The quantitative estimate of drug-likeness (QED) is 0.347. The van der Waals surface area contributed by atoms with E-state index in [-0.39, 0.29) is 24.0 Å². The van der Waals surface area contributed by atoms with Gasteiger partial charge in [-0.1, -0.05) is 26.0 Å². The lowest BCUT2D eigenvalue weighted by atomic mass is 9.99. The van der Waals surface area contributed by atoms with Crippen LogP contribution in [0, 0.1) is 0 Å². The normalized spacial score (nSPS) is 12.7. The van der Waals surface area contributed by atoms with Crippen LogP contribution in [0.3, 0.4) is 0 Å². The van der Waals surface area contributed by atoms with E-state index in [0.29, 0.717) is 25.0 Å². The lowest BCUT2D eigenvalue weighted by molar-refractivity contribution is 0.208. The molecule has 0 aliphatic rings. The fourth-order valence-corrected chi connectivity index (χ4v) is 1.58. The molecule has 1 aromatic carbocycles. The second kappa shape index (κ2) is 10.0. The standard InChI is InChI=1S/C14H23N3O.HI/c1-4-11(2)12-5-7-13(8-6-12)17-14(15)16-9-10-18-3;/h5-8,11H,4,9-10H2,1-3H3,(H3,15,16,17);1H. The second-order valence-electron chi connectivity index (χ2n) is 4.32. The number of aliphatic imine (C=N–C) groups is 1. The molecular formula is C14H24IN3O. The topological polar surface area (TPSA) is 59.6 Å². The largest absolute Gasteiger partial charge is 0.383 e. The predicted molar refractivity (Wildman–Crippen MR) is 92.6 cm³/mol. The van der Waals surface area contributed by atoms with Gasteiger partial charge in [0, 0.05) is 12.8 Å². The summed E-state index contributed by atoms with van der Waals surface area (Å²) in [7, 11) is 1.65. The van der Waals surface area contributed by atoms with Crippen molar-refractivity contribution < 1.29 is 4.74 Å². The van der Waals surface area contributed by atoms with Gasteiger partial charge >= 0.3 is 0 Å². The molecule has 3 N–H and O–H groups in total. The molecule has 0 spiro atoms. The van der Waals surface area contributed by atoms with Crippen LogP contribution in [0.4, 0.5) is 5.69 Å². The summed E-state index contributed by atoms with van der Waals surface area (Å²) in [5.74, 6) is 1.01. The first-order valence-corrected chi connectivity index (χ1v) is 6.33. The van der Waals surface area contributed by atoms with E-state index in [1.54, 1.807) is 7.11 Å². The monoisotopic (exact) mass is 377 g/mol. The zero-order chi connectivity index (χ0) is 13.4. The van der Waals surface area contributed by atoms with Gasteiger partial charge in [-0.3, -0.25) is 4.99 Å². The Labute approximate surface area is 132 Å². The number of benzene rings is 1. The van der Waals surface area contributed by atoms with Gasteiger partial charge in [0.25, 0.3) is 0 Å². The number of nitrogens with one attached hydrogen (secondary N) is 1. The van der Waals surface area contributed by atoms with Crippen LogP contribution < -0.4 is 11.1 Å². The van der Waals surface area contributed by atoms with E-state index in [0.717, 1.165) is 12.1 Å². The Bertz CT molecular complexity index is 379. The zero-order valence-electron chi connectivity index (χ0n) is 11.8. The molecule has 1 unspecified atom stereocenters. The van der Waals surface area contributed by atoms with E-state index < -0.39 is 0 Å². The number of hydrogen-bond donors (Lipinski definition) is 2. The van der Waals surface area contributed by atoms with Crippen molar-refractivity contribution in [1.82, 2.24) is 0 Å². The number of hydrogen-bond acceptors (Lipinski definition) is 2. The van der Waals surface area contributed by atoms with Crippen LogP contribution in [0.2, 0.25) is 0 Å². The van der Waals surface area contributed by atoms with Gasteiger partial charge < -0.3 is 15.8 Å². The smallest absolute Gasteiger partial charge is 0.193 e. The van der Waals surface area contributed by atoms with E-state index in [4.69, 9.17) is 10.5 Å². The fourth-order valence-electron chi connectivity index (χ4n) is 1.58. The number of ether oxygens (including phenoxy) is 1. The van der Waals surface area contributed by atoms with Crippen molar-refractivity contribution in [3.63, 3.8) is 0 Å². The summed E-state index contributed by atoms with van der Waals surface area (Å²) in [5.41, 5.74) is 8.06. The van der Waals surface area contributed by atoms with Gasteiger partial charge in [0.15, 0.2) is 5.96 Å². The first-order chi connectivity index (χ1) is 8.67. The van der Waals surface area contributed by atoms with Crippen molar-refractivity contribution in [1.29, 1.82) is 0 Å². The molecule has 19 heavy (non-hydrogen) atoms. The zero-order valence-corrected chi connectivity index (χ0v) is 14.2. The first kappa shape index (κ1) is 18.2. The number of nitrogens with two attached hydrogens (primary N) is 1.